The standard InChI is InChI=1S/C33H28FN3O4S2/c1-21-7-10-26(11-8-21)43(39,40)37-29-12-9-24(34)20-28(29)30(27-15-18-42-32(27)35-2)31(37)23-5-4-6-25(19-23)36-16-13-22(14-17-36)33(38)41-3/h4-12,15,18-20,22H,13-14,16-17H2,1,3H3. The van der Waals surface area contributed by atoms with Crippen molar-refractivity contribution in [2.24, 2.45) is 5.92 Å². The summed E-state index contributed by atoms with van der Waals surface area (Å²) in [7, 11) is -2.77. The lowest BCUT2D eigenvalue weighted by Crippen LogP contribution is -2.36. The number of aryl methyl sites for hydroxylation is 1. The second-order valence-electron chi connectivity index (χ2n) is 10.6. The van der Waals surface area contributed by atoms with Crippen molar-refractivity contribution in [2.75, 3.05) is 25.1 Å². The third-order valence-electron chi connectivity index (χ3n) is 7.98. The molecule has 7 nitrogen and oxygen atoms in total. The fourth-order valence-corrected chi connectivity index (χ4v) is 8.03. The number of aromatic nitrogens is 1. The second-order valence-corrected chi connectivity index (χ2v) is 13.2. The Morgan fingerprint density at radius 1 is 1.05 bits per heavy atom. The summed E-state index contributed by atoms with van der Waals surface area (Å²) in [6.45, 7) is 10.9. The van der Waals surface area contributed by atoms with Gasteiger partial charge < -0.3 is 9.64 Å². The van der Waals surface area contributed by atoms with Gasteiger partial charge in [0.1, 0.15) is 5.82 Å². The van der Waals surface area contributed by atoms with Crippen molar-refractivity contribution in [1.29, 1.82) is 0 Å². The quantitative estimate of drug-likeness (QED) is 0.145. The highest BCUT2D eigenvalue weighted by Gasteiger charge is 2.31. The molecule has 2 aromatic heterocycles. The Morgan fingerprint density at radius 2 is 1.79 bits per heavy atom. The van der Waals surface area contributed by atoms with Crippen molar-refractivity contribution in [3.63, 3.8) is 0 Å². The van der Waals surface area contributed by atoms with E-state index in [0.29, 0.717) is 64.2 Å². The Hall–Kier alpha value is -4.46. The lowest BCUT2D eigenvalue weighted by atomic mass is 9.96. The summed E-state index contributed by atoms with van der Waals surface area (Å²) in [5, 5.41) is 2.57. The molecule has 1 aliphatic heterocycles. The molecule has 0 saturated carbocycles. The third-order valence-corrected chi connectivity index (χ3v) is 10.5. The summed E-state index contributed by atoms with van der Waals surface area (Å²) in [6.07, 6.45) is 1.29. The molecule has 3 aromatic carbocycles. The molecule has 6 rings (SSSR count). The summed E-state index contributed by atoms with van der Waals surface area (Å²) in [6, 6.07) is 20.1. The molecule has 0 amide bonds. The molecule has 0 N–H and O–H groups in total. The molecular weight excluding hydrogens is 586 g/mol. The Kier molecular flexibility index (Phi) is 7.54. The lowest BCUT2D eigenvalue weighted by Gasteiger charge is -2.32. The number of piperidine rings is 1. The molecule has 218 valence electrons. The van der Waals surface area contributed by atoms with Crippen molar-refractivity contribution >= 4 is 48.9 Å². The first-order chi connectivity index (χ1) is 20.7. The summed E-state index contributed by atoms with van der Waals surface area (Å²) in [5.74, 6) is -0.867. The molecule has 0 bridgehead atoms. The summed E-state index contributed by atoms with van der Waals surface area (Å²) in [5.41, 5.74) is 4.11. The highest BCUT2D eigenvalue weighted by Crippen LogP contribution is 2.48. The number of thiophene rings is 1. The fourth-order valence-electron chi connectivity index (χ4n) is 5.80. The van der Waals surface area contributed by atoms with Gasteiger partial charge in [-0.25, -0.2) is 21.6 Å². The number of fused-ring (bicyclic) bond motifs is 1. The van der Waals surface area contributed by atoms with Gasteiger partial charge in [0.25, 0.3) is 10.0 Å². The van der Waals surface area contributed by atoms with Crippen LogP contribution in [0.15, 0.2) is 83.1 Å². The predicted molar refractivity (Wildman–Crippen MR) is 168 cm³/mol. The number of nitrogens with zero attached hydrogens (tertiary/aromatic N) is 3. The first-order valence-corrected chi connectivity index (χ1v) is 16.1. The van der Waals surface area contributed by atoms with Crippen LogP contribution in [0.1, 0.15) is 18.4 Å². The lowest BCUT2D eigenvalue weighted by molar-refractivity contribution is -0.146. The molecular formula is C33H28FN3O4S2. The van der Waals surface area contributed by atoms with Gasteiger partial charge in [-0.15, -0.1) is 0 Å². The zero-order valence-corrected chi connectivity index (χ0v) is 25.2. The minimum absolute atomic E-state index is 0.101. The van der Waals surface area contributed by atoms with Crippen LogP contribution in [-0.2, 0) is 19.6 Å². The number of methoxy groups -OCH3 is 1. The minimum atomic E-state index is -4.17. The third kappa shape index (κ3) is 5.09. The van der Waals surface area contributed by atoms with Gasteiger partial charge in [-0.05, 0) is 67.6 Å². The van der Waals surface area contributed by atoms with Gasteiger partial charge in [0.05, 0.1) is 35.7 Å². The van der Waals surface area contributed by atoms with Crippen LogP contribution < -0.4 is 4.90 Å². The number of rotatable bonds is 6. The highest BCUT2D eigenvalue weighted by atomic mass is 32.2. The molecule has 1 fully saturated rings. The van der Waals surface area contributed by atoms with Gasteiger partial charge in [-0.2, -0.15) is 11.3 Å². The fraction of sp³-hybridized carbons (Fsp3) is 0.212. The van der Waals surface area contributed by atoms with Crippen LogP contribution in [-0.4, -0.2) is 38.6 Å². The monoisotopic (exact) mass is 613 g/mol. The van der Waals surface area contributed by atoms with Crippen molar-refractivity contribution in [3.05, 3.63) is 101 Å². The Labute approximate surface area is 253 Å². The maximum atomic E-state index is 14.8. The van der Waals surface area contributed by atoms with Crippen LogP contribution in [0.3, 0.4) is 0 Å². The molecule has 10 heteroatoms. The van der Waals surface area contributed by atoms with Crippen LogP contribution >= 0.6 is 11.3 Å². The van der Waals surface area contributed by atoms with Crippen LogP contribution in [0.4, 0.5) is 15.1 Å². The van der Waals surface area contributed by atoms with Crippen molar-refractivity contribution in [1.82, 2.24) is 3.97 Å². The molecule has 0 atom stereocenters. The second kappa shape index (κ2) is 11.3. The van der Waals surface area contributed by atoms with E-state index < -0.39 is 15.8 Å². The van der Waals surface area contributed by atoms with E-state index in [1.807, 2.05) is 31.2 Å². The number of ether oxygens (including phenoxy) is 1. The summed E-state index contributed by atoms with van der Waals surface area (Å²) in [4.78, 5) is 18.0. The first-order valence-electron chi connectivity index (χ1n) is 13.8. The number of halogens is 1. The first kappa shape index (κ1) is 28.6. The number of hydrogen-bond acceptors (Lipinski definition) is 6. The van der Waals surface area contributed by atoms with Gasteiger partial charge in [0, 0.05) is 40.9 Å². The van der Waals surface area contributed by atoms with Crippen LogP contribution in [0, 0.1) is 25.2 Å². The van der Waals surface area contributed by atoms with Crippen LogP contribution in [0.5, 0.6) is 0 Å². The van der Waals surface area contributed by atoms with Crippen molar-refractivity contribution in [2.45, 2.75) is 24.7 Å². The number of carbonyl (C=O) groups excluding carboxylic acids is 1. The summed E-state index contributed by atoms with van der Waals surface area (Å²) >= 11 is 1.25. The van der Waals surface area contributed by atoms with E-state index in [-0.39, 0.29) is 16.8 Å². The van der Waals surface area contributed by atoms with E-state index >= 15 is 0 Å². The Balaban J connectivity index is 1.61. The van der Waals surface area contributed by atoms with E-state index in [1.165, 1.54) is 40.6 Å². The zero-order valence-electron chi connectivity index (χ0n) is 23.6. The molecule has 3 heterocycles. The van der Waals surface area contributed by atoms with Gasteiger partial charge in [-0.1, -0.05) is 35.9 Å². The Bertz CT molecular complexity index is 2000. The average molecular weight is 614 g/mol. The molecule has 5 aromatic rings. The molecule has 0 spiro atoms. The number of benzene rings is 3. The molecule has 43 heavy (non-hydrogen) atoms. The van der Waals surface area contributed by atoms with E-state index in [1.54, 1.807) is 35.7 Å². The van der Waals surface area contributed by atoms with Crippen LogP contribution in [0.2, 0.25) is 0 Å². The molecule has 1 saturated heterocycles. The molecule has 0 aliphatic carbocycles. The summed E-state index contributed by atoms with van der Waals surface area (Å²) < 4.78 is 49.9. The normalized spacial score (nSPS) is 14.1. The average Bonchev–Trinajstić information content (AvgIpc) is 3.63. The van der Waals surface area contributed by atoms with E-state index in [4.69, 9.17) is 11.3 Å². The Morgan fingerprint density at radius 3 is 2.49 bits per heavy atom. The van der Waals surface area contributed by atoms with Crippen molar-refractivity contribution < 1.29 is 22.3 Å². The molecule has 0 radical (unpaired) electrons. The maximum Gasteiger partial charge on any atom is 0.308 e. The van der Waals surface area contributed by atoms with Gasteiger partial charge >= 0.3 is 5.97 Å². The van der Waals surface area contributed by atoms with E-state index in [9.17, 15) is 17.6 Å². The van der Waals surface area contributed by atoms with Crippen LogP contribution in [0.25, 0.3) is 38.1 Å². The number of hydrogen-bond donors (Lipinski definition) is 0. The number of esters is 1. The SMILES string of the molecule is [C-]#[N+]c1sccc1-c1c(-c2cccc(N3CCC(C(=O)OC)CC3)c2)n(S(=O)(=O)c2ccc(C)cc2)c2ccc(F)cc12. The van der Waals surface area contributed by atoms with E-state index in [0.717, 1.165) is 11.3 Å². The maximum absolute atomic E-state index is 14.8. The zero-order chi connectivity index (χ0) is 30.3. The van der Waals surface area contributed by atoms with Gasteiger partial charge in [-0.3, -0.25) is 4.79 Å². The smallest absolute Gasteiger partial charge is 0.308 e. The number of anilines is 1. The molecule has 0 unspecified atom stereocenters. The predicted octanol–water partition coefficient (Wildman–Crippen LogP) is 7.66. The van der Waals surface area contributed by atoms with Gasteiger partial charge in [0.2, 0.25) is 5.00 Å². The van der Waals surface area contributed by atoms with Gasteiger partial charge in [0.15, 0.2) is 0 Å². The largest absolute Gasteiger partial charge is 0.469 e. The van der Waals surface area contributed by atoms with E-state index in [2.05, 4.69) is 9.74 Å². The highest BCUT2D eigenvalue weighted by molar-refractivity contribution is 7.90. The topological polar surface area (TPSA) is 73.0 Å². The minimum Gasteiger partial charge on any atom is -0.469 e. The number of carbonyl (C=O) groups is 1. The van der Waals surface area contributed by atoms with Crippen molar-refractivity contribution in [3.8, 4) is 22.4 Å². The molecule has 1 aliphatic rings.